The molecule has 0 aliphatic rings. The van der Waals surface area contributed by atoms with Gasteiger partial charge in [-0.25, -0.2) is 4.39 Å². The van der Waals surface area contributed by atoms with Crippen LogP contribution in [0.4, 0.5) is 4.39 Å². The molecule has 0 fully saturated rings. The van der Waals surface area contributed by atoms with Gasteiger partial charge in [0.2, 0.25) is 5.91 Å². The highest BCUT2D eigenvalue weighted by molar-refractivity contribution is 5.78. The van der Waals surface area contributed by atoms with Gasteiger partial charge >= 0.3 is 0 Å². The molecule has 0 atom stereocenters. The van der Waals surface area contributed by atoms with Crippen molar-refractivity contribution < 1.29 is 13.7 Å². The van der Waals surface area contributed by atoms with Crippen LogP contribution in [0.3, 0.4) is 0 Å². The number of amides is 1. The number of hydrogen-bond donors (Lipinski definition) is 1. The van der Waals surface area contributed by atoms with Gasteiger partial charge in [-0.3, -0.25) is 4.79 Å². The number of aromatic nitrogens is 1. The number of nitrogens with zero attached hydrogens (tertiary/aromatic N) is 1. The average Bonchev–Trinajstić information content (AvgIpc) is 2.88. The number of carbonyl (C=O) groups is 1. The van der Waals surface area contributed by atoms with Crippen molar-refractivity contribution in [1.29, 1.82) is 0 Å². The molecule has 1 N–H and O–H groups in total. The smallest absolute Gasteiger partial charge is 0.226 e. The zero-order chi connectivity index (χ0) is 14.4. The molecule has 5 heteroatoms. The molecule has 2 rings (SSSR count). The van der Waals surface area contributed by atoms with Crippen molar-refractivity contribution >= 4 is 5.91 Å². The summed E-state index contributed by atoms with van der Waals surface area (Å²) in [5.74, 6) is 0.155. The van der Waals surface area contributed by atoms with Crippen LogP contribution in [0.1, 0.15) is 25.5 Å². The van der Waals surface area contributed by atoms with Crippen LogP contribution in [0.5, 0.6) is 0 Å². The molecule has 0 unspecified atom stereocenters. The SMILES string of the molecule is CCCCNC(=O)Cc1cc(-c2ccc(F)cc2)on1. The largest absolute Gasteiger partial charge is 0.356 e. The summed E-state index contributed by atoms with van der Waals surface area (Å²) in [6.45, 7) is 2.75. The minimum atomic E-state index is -0.302. The average molecular weight is 276 g/mol. The molecule has 2 aromatic rings. The van der Waals surface area contributed by atoms with Gasteiger partial charge in [0.05, 0.1) is 12.1 Å². The molecule has 0 aliphatic heterocycles. The molecular weight excluding hydrogens is 259 g/mol. The van der Waals surface area contributed by atoms with Crippen LogP contribution >= 0.6 is 0 Å². The van der Waals surface area contributed by atoms with Gasteiger partial charge in [-0.15, -0.1) is 0 Å². The number of hydrogen-bond acceptors (Lipinski definition) is 3. The van der Waals surface area contributed by atoms with Crippen LogP contribution in [0.2, 0.25) is 0 Å². The van der Waals surface area contributed by atoms with Gasteiger partial charge in [0, 0.05) is 18.2 Å². The standard InChI is InChI=1S/C15H17FN2O2/c1-2-3-8-17-15(19)10-13-9-14(20-18-13)11-4-6-12(16)7-5-11/h4-7,9H,2-3,8,10H2,1H3,(H,17,19). The van der Waals surface area contributed by atoms with Crippen LogP contribution in [-0.4, -0.2) is 17.6 Å². The van der Waals surface area contributed by atoms with Gasteiger partial charge in [-0.2, -0.15) is 0 Å². The fourth-order valence-electron chi connectivity index (χ4n) is 1.78. The van der Waals surface area contributed by atoms with Gasteiger partial charge in [0.1, 0.15) is 5.82 Å². The molecule has 4 nitrogen and oxygen atoms in total. The molecule has 0 saturated heterocycles. The van der Waals surface area contributed by atoms with Gasteiger partial charge < -0.3 is 9.84 Å². The van der Waals surface area contributed by atoms with Crippen LogP contribution in [0.15, 0.2) is 34.9 Å². The summed E-state index contributed by atoms with van der Waals surface area (Å²) in [6, 6.07) is 7.64. The molecule has 0 saturated carbocycles. The molecule has 20 heavy (non-hydrogen) atoms. The molecule has 0 bridgehead atoms. The van der Waals surface area contributed by atoms with E-state index in [1.807, 2.05) is 0 Å². The molecule has 0 spiro atoms. The Morgan fingerprint density at radius 1 is 1.35 bits per heavy atom. The summed E-state index contributed by atoms with van der Waals surface area (Å²) in [5.41, 5.74) is 1.30. The van der Waals surface area contributed by atoms with Gasteiger partial charge in [-0.05, 0) is 30.7 Å². The van der Waals surface area contributed by atoms with Gasteiger partial charge in [-0.1, -0.05) is 18.5 Å². The maximum atomic E-state index is 12.8. The Labute approximate surface area is 117 Å². The van der Waals surface area contributed by atoms with Crippen molar-refractivity contribution in [2.45, 2.75) is 26.2 Å². The van der Waals surface area contributed by atoms with E-state index >= 15 is 0 Å². The number of carbonyl (C=O) groups excluding carboxylic acids is 1. The molecule has 0 radical (unpaired) electrons. The molecule has 1 amide bonds. The first-order valence-electron chi connectivity index (χ1n) is 6.67. The van der Waals surface area contributed by atoms with Crippen molar-refractivity contribution in [1.82, 2.24) is 10.5 Å². The Hall–Kier alpha value is -2.17. The van der Waals surface area contributed by atoms with E-state index in [1.54, 1.807) is 18.2 Å². The molecule has 1 aromatic heterocycles. The molecule has 1 aromatic carbocycles. The second-order valence-corrected chi connectivity index (χ2v) is 4.57. The van der Waals surface area contributed by atoms with Crippen LogP contribution in [-0.2, 0) is 11.2 Å². The molecular formula is C15H17FN2O2. The van der Waals surface area contributed by atoms with E-state index in [0.717, 1.165) is 18.4 Å². The number of rotatable bonds is 6. The van der Waals surface area contributed by atoms with Crippen molar-refractivity contribution in [2.75, 3.05) is 6.54 Å². The maximum Gasteiger partial charge on any atom is 0.226 e. The highest BCUT2D eigenvalue weighted by Crippen LogP contribution is 2.20. The van der Waals surface area contributed by atoms with Crippen LogP contribution in [0.25, 0.3) is 11.3 Å². The summed E-state index contributed by atoms with van der Waals surface area (Å²) < 4.78 is 18.0. The monoisotopic (exact) mass is 276 g/mol. The summed E-state index contributed by atoms with van der Waals surface area (Å²) >= 11 is 0. The summed E-state index contributed by atoms with van der Waals surface area (Å²) in [7, 11) is 0. The summed E-state index contributed by atoms with van der Waals surface area (Å²) in [6.07, 6.45) is 2.19. The molecule has 1 heterocycles. The Balaban J connectivity index is 1.95. The fraction of sp³-hybridized carbons (Fsp3) is 0.333. The fourth-order valence-corrected chi connectivity index (χ4v) is 1.78. The van der Waals surface area contributed by atoms with Crippen molar-refractivity contribution in [3.63, 3.8) is 0 Å². The Bertz CT molecular complexity index is 564. The van der Waals surface area contributed by atoms with E-state index in [-0.39, 0.29) is 18.1 Å². The van der Waals surface area contributed by atoms with E-state index in [2.05, 4.69) is 17.4 Å². The van der Waals surface area contributed by atoms with Crippen molar-refractivity contribution in [3.8, 4) is 11.3 Å². The zero-order valence-electron chi connectivity index (χ0n) is 11.4. The summed E-state index contributed by atoms with van der Waals surface area (Å²) in [4.78, 5) is 11.6. The number of unbranched alkanes of at least 4 members (excludes halogenated alkanes) is 1. The third-order valence-corrected chi connectivity index (χ3v) is 2.88. The predicted octanol–water partition coefficient (Wildman–Crippen LogP) is 2.94. The topological polar surface area (TPSA) is 55.1 Å². The predicted molar refractivity (Wildman–Crippen MR) is 73.5 cm³/mol. The second kappa shape index (κ2) is 6.84. The minimum absolute atomic E-state index is 0.0718. The van der Waals surface area contributed by atoms with Crippen LogP contribution < -0.4 is 5.32 Å². The van der Waals surface area contributed by atoms with E-state index < -0.39 is 0 Å². The van der Waals surface area contributed by atoms with Gasteiger partial charge in [0.25, 0.3) is 0 Å². The van der Waals surface area contributed by atoms with E-state index in [1.165, 1.54) is 12.1 Å². The van der Waals surface area contributed by atoms with E-state index in [4.69, 9.17) is 4.52 Å². The van der Waals surface area contributed by atoms with Crippen molar-refractivity contribution in [3.05, 3.63) is 41.8 Å². The molecule has 106 valence electrons. The number of nitrogens with one attached hydrogen (secondary N) is 1. The highest BCUT2D eigenvalue weighted by atomic mass is 19.1. The first-order valence-corrected chi connectivity index (χ1v) is 6.67. The Morgan fingerprint density at radius 2 is 2.10 bits per heavy atom. The number of benzene rings is 1. The van der Waals surface area contributed by atoms with Crippen LogP contribution in [0, 0.1) is 5.82 Å². The normalized spacial score (nSPS) is 10.5. The minimum Gasteiger partial charge on any atom is -0.356 e. The van der Waals surface area contributed by atoms with E-state index in [9.17, 15) is 9.18 Å². The third-order valence-electron chi connectivity index (χ3n) is 2.88. The highest BCUT2D eigenvalue weighted by Gasteiger charge is 2.10. The lowest BCUT2D eigenvalue weighted by Gasteiger charge is -2.01. The quantitative estimate of drug-likeness (QED) is 0.825. The van der Waals surface area contributed by atoms with Crippen molar-refractivity contribution in [2.24, 2.45) is 0 Å². The first kappa shape index (κ1) is 14.2. The maximum absolute atomic E-state index is 12.8. The third kappa shape index (κ3) is 3.91. The summed E-state index contributed by atoms with van der Waals surface area (Å²) in [5, 5.41) is 6.67. The zero-order valence-corrected chi connectivity index (χ0v) is 11.4. The Kier molecular flexibility index (Phi) is 4.87. The lowest BCUT2D eigenvalue weighted by molar-refractivity contribution is -0.120. The van der Waals surface area contributed by atoms with Gasteiger partial charge in [0.15, 0.2) is 5.76 Å². The lowest BCUT2D eigenvalue weighted by Crippen LogP contribution is -2.26. The second-order valence-electron chi connectivity index (χ2n) is 4.57. The molecule has 0 aliphatic carbocycles. The number of halogens is 1. The lowest BCUT2D eigenvalue weighted by atomic mass is 10.1. The van der Waals surface area contributed by atoms with E-state index in [0.29, 0.717) is 18.0 Å². The first-order chi connectivity index (χ1) is 9.69. The Morgan fingerprint density at radius 3 is 2.80 bits per heavy atom.